The molecule has 3 aromatic carbocycles. The molecule has 17 atom stereocenters. The zero-order valence-electron chi connectivity index (χ0n) is 73.3. The molecule has 25 heteroatoms. The minimum Gasteiger partial charge on any atom is -1.00 e. The molecule has 9 fully saturated rings. The van der Waals surface area contributed by atoms with Crippen LogP contribution in [0.3, 0.4) is 0 Å². The lowest BCUT2D eigenvalue weighted by Gasteiger charge is -2.64. The molecule has 0 radical (unpaired) electrons. The van der Waals surface area contributed by atoms with E-state index in [9.17, 15) is 73.8 Å². The Morgan fingerprint density at radius 1 is 0.513 bits per heavy atom. The second kappa shape index (κ2) is 42.6. The maximum absolute atomic E-state index is 13.9. The van der Waals surface area contributed by atoms with Gasteiger partial charge in [0, 0.05) is 119 Å². The molecule has 4 aliphatic carbocycles. The first-order chi connectivity index (χ1) is 55.7. The topological polar surface area (TPSA) is 327 Å². The maximum Gasteiger partial charge on any atom is 0.316 e. The van der Waals surface area contributed by atoms with Gasteiger partial charge in [-0.25, -0.2) is 0 Å². The number of ether oxygens (including phenoxy) is 5. The van der Waals surface area contributed by atoms with Gasteiger partial charge < -0.3 is 94.3 Å². The molecule has 4 N–H and O–H groups in total. The monoisotopic (exact) mass is 1740 g/mol. The van der Waals surface area contributed by atoms with Crippen LogP contribution in [0.2, 0.25) is 0 Å². The van der Waals surface area contributed by atoms with Crippen LogP contribution in [0, 0.1) is 28.6 Å². The number of alkyl halides is 1. The van der Waals surface area contributed by atoms with Crippen molar-refractivity contribution in [3.63, 3.8) is 0 Å². The molecule has 6 heterocycles. The van der Waals surface area contributed by atoms with Gasteiger partial charge in [0.15, 0.2) is 18.0 Å². The van der Waals surface area contributed by atoms with E-state index in [-0.39, 0.29) is 129 Å². The number of ketones is 2. The van der Waals surface area contributed by atoms with E-state index >= 15 is 0 Å². The van der Waals surface area contributed by atoms with Crippen LogP contribution >= 0.6 is 11.6 Å². The number of carbonyl (C=O) groups is 9. The number of aliphatic hydroxyl groups excluding tert-OH is 4. The van der Waals surface area contributed by atoms with Gasteiger partial charge >= 0.3 is 29.8 Å². The Kier molecular flexibility index (Phi) is 35.5. The van der Waals surface area contributed by atoms with Crippen LogP contribution in [-0.4, -0.2) is 224 Å². The predicted octanol–water partition coefficient (Wildman–Crippen LogP) is 7.95. The van der Waals surface area contributed by atoms with Gasteiger partial charge in [0.05, 0.1) is 106 Å². The fraction of sp³-hybridized carbons (Fsp3) is 0.670. The van der Waals surface area contributed by atoms with Gasteiger partial charge in [-0.1, -0.05) is 151 Å². The number of quaternary nitrogens is 3. The molecule has 13 rings (SSSR count). The molecule has 0 spiro atoms. The van der Waals surface area contributed by atoms with Crippen molar-refractivity contribution in [2.45, 2.75) is 325 Å². The smallest absolute Gasteiger partial charge is 0.316 e. The van der Waals surface area contributed by atoms with Gasteiger partial charge in [0.25, 0.3) is 0 Å². The summed E-state index contributed by atoms with van der Waals surface area (Å²) < 4.78 is 32.2. The van der Waals surface area contributed by atoms with Crippen molar-refractivity contribution in [3.05, 3.63) is 131 Å². The van der Waals surface area contributed by atoms with Gasteiger partial charge in [-0.2, -0.15) is 0 Å². The number of aliphatic carboxylic acids is 2. The Bertz CT molecular complexity index is 3670. The number of hydrogen-bond acceptors (Lipinski definition) is 20. The molecule has 119 heavy (non-hydrogen) atoms. The van der Waals surface area contributed by atoms with Gasteiger partial charge in [0.2, 0.25) is 5.78 Å². The molecule has 10 unspecified atom stereocenters. The first kappa shape index (κ1) is 99.4. The van der Waals surface area contributed by atoms with Gasteiger partial charge in [0.1, 0.15) is 36.1 Å². The molecule has 3 saturated carbocycles. The summed E-state index contributed by atoms with van der Waals surface area (Å²) in [7, 11) is 7.10. The number of carbonyl (C=O) groups excluding carboxylic acids is 9. The predicted molar refractivity (Wildman–Crippen MR) is 444 cm³/mol. The number of nitrogens with zero attached hydrogens (tertiary/aromatic N) is 3. The number of carboxylic acid groups (broad SMARTS) is 2. The zero-order valence-corrected chi connectivity index (χ0v) is 75.6. The number of carboxylic acids is 2. The Morgan fingerprint density at radius 3 is 1.13 bits per heavy atom. The number of Topliss-reactive ketones (excluding diaryl/α,β-unsaturated/α-hetero) is 1. The molecule has 3 aromatic rings. The van der Waals surface area contributed by atoms with Gasteiger partial charge in [-0.3, -0.25) is 33.6 Å². The van der Waals surface area contributed by atoms with Crippen LogP contribution in [0.25, 0.3) is 0 Å². The first-order valence-corrected chi connectivity index (χ1v) is 43.9. The van der Waals surface area contributed by atoms with Crippen LogP contribution in [0.5, 0.6) is 0 Å². The van der Waals surface area contributed by atoms with E-state index in [1.54, 1.807) is 19.9 Å². The second-order valence-corrected chi connectivity index (χ2v) is 37.1. The zero-order chi connectivity index (χ0) is 87.2. The minimum absolute atomic E-state index is 0. The van der Waals surface area contributed by atoms with Crippen molar-refractivity contribution in [1.29, 1.82) is 0 Å². The number of benzene rings is 3. The lowest BCUT2D eigenvalue weighted by atomic mass is 9.45. The van der Waals surface area contributed by atoms with Crippen LogP contribution in [-0.2, 0) is 66.8 Å². The molecule has 6 saturated heterocycles. The minimum atomic E-state index is -1.55. The Labute approximate surface area is 721 Å². The fourth-order valence-corrected chi connectivity index (χ4v) is 23.0. The van der Waals surface area contributed by atoms with E-state index < -0.39 is 81.4 Å². The van der Waals surface area contributed by atoms with Crippen molar-refractivity contribution in [1.82, 2.24) is 0 Å². The van der Waals surface area contributed by atoms with E-state index in [1.807, 2.05) is 118 Å². The second-order valence-electron chi connectivity index (χ2n) is 36.5. The average molecular weight is 1740 g/mol. The number of esters is 5. The normalized spacial score (nSPS) is 33.9. The number of piperidine rings is 3. The lowest BCUT2D eigenvalue weighted by Crippen LogP contribution is -3.00. The van der Waals surface area contributed by atoms with Crippen LogP contribution in [0.1, 0.15) is 253 Å². The molecule has 6 aliphatic heterocycles. The summed E-state index contributed by atoms with van der Waals surface area (Å²) in [6.07, 6.45) is 19.5. The molecular formula is C94H137BrClN3O20. The standard InChI is InChI=1S/C28H37ClO7.3C20H30NO3.2C3H6O2.BrH/c1-6-23(33)35-15-22(32)28(36-24(34)7-2)16(3)12-20-19-9-8-17-13-18(30)10-11-25(17,4)27(19,29)21(31)14-26(20,28)5;3*1-14(2)21(3)16-9-10-17(21)12-18(11-16)24-20(23)19(13-22)15-7-5-4-6-8-15;2*1-2-3(4)5;/h10-11,13,16,19-21,31H,6-9,12,14-15H2,1-5H3;3*4-8,14,16-19,22H,9-13H2,1-3H3;2*2H2,1H3,(H,4,5);1H/q;3*+1;;;/p-3/t16-,19-,20-,21-,25-,26-,27?,28-;;;;;;/m0....../s1. The molecule has 662 valence electrons. The molecule has 0 aromatic heterocycles. The van der Waals surface area contributed by atoms with Crippen molar-refractivity contribution in [3.8, 4) is 0 Å². The summed E-state index contributed by atoms with van der Waals surface area (Å²) in [5.41, 5.74) is 0.210. The van der Waals surface area contributed by atoms with E-state index in [0.717, 1.165) is 74.2 Å². The molecule has 10 aliphatic rings. The SMILES string of the molecule is CC(C)[N+]1(C)C2CCC1CC(OC(=O)C(CO)c1ccccc1)C2.CC(C)[N+]1(C)C2CCC1CC(OC(=O)C(CO)c1ccccc1)C2.CC(C)[N+]1(C)C2CCC1CC(OC(=O)C(CO)c1ccccc1)C2.CCC(=O)OCC(=O)[C@@]1(OC(=O)CC)[C@@H](C)C[C@H]2[C@@H]3CCC4=CC(=O)C=C[C@]4(C)C3(Cl)[C@@H](O)C[C@@]21C.CCC(=O)[O-].CCC(=O)[O-].[Br-]. The number of fused-ring (bicyclic) bond motifs is 11. The fourth-order valence-electron chi connectivity index (χ4n) is 22.5. The maximum atomic E-state index is 13.9. The van der Waals surface area contributed by atoms with Crippen molar-refractivity contribution >= 4 is 65.0 Å². The molecule has 23 nitrogen and oxygen atoms in total. The van der Waals surface area contributed by atoms with Gasteiger partial charge in [-0.05, 0) is 121 Å². The Balaban J connectivity index is 0.000000213. The summed E-state index contributed by atoms with van der Waals surface area (Å²) in [6.45, 7) is 24.9. The third kappa shape index (κ3) is 20.9. The van der Waals surface area contributed by atoms with Crippen LogP contribution in [0.4, 0.5) is 0 Å². The van der Waals surface area contributed by atoms with E-state index in [0.29, 0.717) is 73.6 Å². The molecular weight excluding hydrogens is 1610 g/mol. The Hall–Kier alpha value is -6.74. The third-order valence-electron chi connectivity index (χ3n) is 30.0. The number of rotatable bonds is 23. The van der Waals surface area contributed by atoms with Crippen molar-refractivity contribution in [2.75, 3.05) is 47.6 Å². The molecule has 0 amide bonds. The van der Waals surface area contributed by atoms with E-state index in [2.05, 4.69) is 62.7 Å². The average Bonchev–Trinajstić information content (AvgIpc) is 1.57. The highest BCUT2D eigenvalue weighted by Gasteiger charge is 2.76. The first-order valence-electron chi connectivity index (χ1n) is 43.5. The highest BCUT2D eigenvalue weighted by Crippen LogP contribution is 2.72. The van der Waals surface area contributed by atoms with Crippen molar-refractivity contribution in [2.24, 2.45) is 28.6 Å². The highest BCUT2D eigenvalue weighted by molar-refractivity contribution is 6.26. The quantitative estimate of drug-likeness (QED) is 0.0303. The number of aliphatic hydroxyl groups is 4. The number of allylic oxidation sites excluding steroid dienone is 4. The van der Waals surface area contributed by atoms with Crippen molar-refractivity contribution < 1.29 is 128 Å². The number of halogens is 2. The lowest BCUT2D eigenvalue weighted by molar-refractivity contribution is -0.968. The molecule has 6 bridgehead atoms. The summed E-state index contributed by atoms with van der Waals surface area (Å²) >= 11 is 7.48. The summed E-state index contributed by atoms with van der Waals surface area (Å²) in [4.78, 5) is 106. The van der Waals surface area contributed by atoms with Crippen LogP contribution in [0.15, 0.2) is 115 Å². The van der Waals surface area contributed by atoms with E-state index in [1.165, 1.54) is 58.4 Å². The highest BCUT2D eigenvalue weighted by atomic mass is 79.9. The largest absolute Gasteiger partial charge is 1.00 e. The number of hydrogen-bond donors (Lipinski definition) is 4. The third-order valence-corrected chi connectivity index (χ3v) is 30.9. The Morgan fingerprint density at radius 2 is 0.840 bits per heavy atom. The van der Waals surface area contributed by atoms with Gasteiger partial charge in [-0.15, -0.1) is 11.6 Å². The summed E-state index contributed by atoms with van der Waals surface area (Å²) in [6, 6.07) is 33.6. The summed E-state index contributed by atoms with van der Waals surface area (Å²) in [5, 5.41) is 59.2. The van der Waals surface area contributed by atoms with Crippen LogP contribution < -0.4 is 27.2 Å². The van der Waals surface area contributed by atoms with E-state index in [4.69, 9.17) is 35.3 Å². The summed E-state index contributed by atoms with van der Waals surface area (Å²) in [5.74, 6) is -6.80.